The summed E-state index contributed by atoms with van der Waals surface area (Å²) in [6.45, 7) is 1.81. The van der Waals surface area contributed by atoms with Crippen molar-refractivity contribution in [3.63, 3.8) is 0 Å². The molecule has 4 nitrogen and oxygen atoms in total. The SMILES string of the molecule is Cc1nsc2c3c(c(=O)c=2n1N)CCC3. The van der Waals surface area contributed by atoms with E-state index in [1.54, 1.807) is 0 Å². The maximum Gasteiger partial charge on any atom is 0.209 e. The number of aryl methyl sites for hydroxylation is 1. The minimum atomic E-state index is 0.113. The Labute approximate surface area is 90.1 Å². The summed E-state index contributed by atoms with van der Waals surface area (Å²) in [5.41, 5.74) is 2.27. The molecule has 0 saturated heterocycles. The Morgan fingerprint density at radius 1 is 1.40 bits per heavy atom. The zero-order chi connectivity index (χ0) is 10.6. The van der Waals surface area contributed by atoms with Crippen LogP contribution < -0.4 is 11.3 Å². The third kappa shape index (κ3) is 1.01. The molecule has 0 fully saturated rings. The van der Waals surface area contributed by atoms with Crippen molar-refractivity contribution in [1.82, 2.24) is 9.05 Å². The Balaban J connectivity index is 2.62. The molecule has 0 bridgehead atoms. The van der Waals surface area contributed by atoms with E-state index in [0.29, 0.717) is 11.2 Å². The van der Waals surface area contributed by atoms with Crippen LogP contribution in [0.3, 0.4) is 0 Å². The van der Waals surface area contributed by atoms with Gasteiger partial charge in [-0.05, 0) is 43.3 Å². The molecule has 0 spiro atoms. The van der Waals surface area contributed by atoms with Crippen LogP contribution >= 0.6 is 11.5 Å². The van der Waals surface area contributed by atoms with E-state index in [9.17, 15) is 4.79 Å². The van der Waals surface area contributed by atoms with Crippen molar-refractivity contribution in [2.24, 2.45) is 0 Å². The Hall–Kier alpha value is -1.36. The van der Waals surface area contributed by atoms with Crippen LogP contribution in [-0.2, 0) is 12.8 Å². The second-order valence-corrected chi connectivity index (χ2v) is 4.69. The summed E-state index contributed by atoms with van der Waals surface area (Å²) in [6, 6.07) is 0. The molecule has 3 aliphatic rings. The highest BCUT2D eigenvalue weighted by molar-refractivity contribution is 7.03. The van der Waals surface area contributed by atoms with Gasteiger partial charge < -0.3 is 5.84 Å². The number of nitrogens with zero attached hydrogens (tertiary/aromatic N) is 2. The second kappa shape index (κ2) is 2.82. The normalized spacial score (nSPS) is 14.7. The van der Waals surface area contributed by atoms with Gasteiger partial charge in [-0.3, -0.25) is 4.79 Å². The number of aromatic nitrogens is 2. The van der Waals surface area contributed by atoms with Crippen molar-refractivity contribution < 1.29 is 0 Å². The highest BCUT2D eigenvalue weighted by Gasteiger charge is 2.21. The largest absolute Gasteiger partial charge is 0.337 e. The summed E-state index contributed by atoms with van der Waals surface area (Å²) in [5.74, 6) is 6.53. The first-order chi connectivity index (χ1) is 7.20. The van der Waals surface area contributed by atoms with E-state index in [2.05, 4.69) is 4.37 Å². The van der Waals surface area contributed by atoms with E-state index < -0.39 is 0 Å². The number of nitrogens with two attached hydrogens (primary N) is 1. The van der Waals surface area contributed by atoms with Crippen LogP contribution in [0.15, 0.2) is 4.79 Å². The topological polar surface area (TPSA) is 60.9 Å². The quantitative estimate of drug-likeness (QED) is 0.660. The van der Waals surface area contributed by atoms with Gasteiger partial charge in [0.2, 0.25) is 5.43 Å². The fourth-order valence-electron chi connectivity index (χ4n) is 2.27. The maximum atomic E-state index is 12.1. The number of fused-ring (bicyclic) bond motifs is 2. The molecule has 78 valence electrons. The first-order valence-corrected chi connectivity index (χ1v) is 5.75. The Bertz CT molecular complexity index is 655. The van der Waals surface area contributed by atoms with Gasteiger partial charge in [0, 0.05) is 5.56 Å². The van der Waals surface area contributed by atoms with E-state index in [4.69, 9.17) is 5.84 Å². The summed E-state index contributed by atoms with van der Waals surface area (Å²) in [4.78, 5) is 12.1. The summed E-state index contributed by atoms with van der Waals surface area (Å²) in [7, 11) is 0. The maximum absolute atomic E-state index is 12.1. The fraction of sp³-hybridized carbons (Fsp3) is 0.400. The monoisotopic (exact) mass is 221 g/mol. The Morgan fingerprint density at radius 3 is 2.93 bits per heavy atom. The minimum Gasteiger partial charge on any atom is -0.337 e. The molecule has 0 amide bonds. The van der Waals surface area contributed by atoms with E-state index in [1.165, 1.54) is 21.8 Å². The lowest BCUT2D eigenvalue weighted by molar-refractivity contribution is 0.844. The molecular weight excluding hydrogens is 210 g/mol. The van der Waals surface area contributed by atoms with E-state index in [1.807, 2.05) is 6.92 Å². The zero-order valence-corrected chi connectivity index (χ0v) is 9.23. The van der Waals surface area contributed by atoms with Crippen molar-refractivity contribution in [3.05, 3.63) is 37.1 Å². The van der Waals surface area contributed by atoms with Gasteiger partial charge >= 0.3 is 0 Å². The lowest BCUT2D eigenvalue weighted by Crippen LogP contribution is -2.21. The summed E-state index contributed by atoms with van der Waals surface area (Å²) >= 11 is 1.39. The Morgan fingerprint density at radius 2 is 2.13 bits per heavy atom. The van der Waals surface area contributed by atoms with Crippen LogP contribution in [0.1, 0.15) is 23.4 Å². The van der Waals surface area contributed by atoms with Crippen molar-refractivity contribution >= 4 is 11.5 Å². The first kappa shape index (κ1) is 8.91. The predicted octanol–water partition coefficient (Wildman–Crippen LogP) is 0.540. The van der Waals surface area contributed by atoms with Crippen LogP contribution in [0.4, 0.5) is 0 Å². The number of nitrogen functional groups attached to an aromatic ring is 1. The van der Waals surface area contributed by atoms with Crippen LogP contribution in [-0.4, -0.2) is 9.05 Å². The molecule has 0 aromatic rings. The summed E-state index contributed by atoms with van der Waals surface area (Å²) < 4.78 is 6.65. The lowest BCUT2D eigenvalue weighted by Gasteiger charge is -2.01. The first-order valence-electron chi connectivity index (χ1n) is 4.98. The van der Waals surface area contributed by atoms with Crippen molar-refractivity contribution in [3.8, 4) is 0 Å². The molecule has 0 saturated carbocycles. The minimum absolute atomic E-state index is 0.113. The predicted molar refractivity (Wildman–Crippen MR) is 58.6 cm³/mol. The van der Waals surface area contributed by atoms with E-state index >= 15 is 0 Å². The summed E-state index contributed by atoms with van der Waals surface area (Å²) in [5, 5.41) is 0.636. The van der Waals surface area contributed by atoms with E-state index in [0.717, 1.165) is 29.4 Å². The molecule has 5 heteroatoms. The molecule has 0 aromatic heterocycles. The van der Waals surface area contributed by atoms with Crippen LogP contribution in [0.5, 0.6) is 0 Å². The third-order valence-electron chi connectivity index (χ3n) is 3.05. The highest BCUT2D eigenvalue weighted by Crippen LogP contribution is 2.23. The molecule has 15 heavy (non-hydrogen) atoms. The second-order valence-electron chi connectivity index (χ2n) is 3.92. The summed E-state index contributed by atoms with van der Waals surface area (Å²) in [6.07, 6.45) is 2.98. The molecule has 1 aliphatic heterocycles. The van der Waals surface area contributed by atoms with Crippen molar-refractivity contribution in [1.29, 1.82) is 0 Å². The highest BCUT2D eigenvalue weighted by atomic mass is 32.1. The molecule has 0 atom stereocenters. The van der Waals surface area contributed by atoms with Gasteiger partial charge in [-0.2, -0.15) is 4.37 Å². The van der Waals surface area contributed by atoms with E-state index in [-0.39, 0.29) is 5.43 Å². The molecule has 0 aromatic carbocycles. The number of hydrogen-bond acceptors (Lipinski definition) is 4. The number of rotatable bonds is 0. The van der Waals surface area contributed by atoms with Gasteiger partial charge in [0.15, 0.2) is 0 Å². The van der Waals surface area contributed by atoms with Gasteiger partial charge in [0.05, 0.1) is 4.53 Å². The Kier molecular flexibility index (Phi) is 1.68. The molecule has 3 rings (SSSR count). The molecule has 0 unspecified atom stereocenters. The van der Waals surface area contributed by atoms with Crippen LogP contribution in [0, 0.1) is 16.8 Å². The van der Waals surface area contributed by atoms with Crippen molar-refractivity contribution in [2.75, 3.05) is 5.84 Å². The van der Waals surface area contributed by atoms with Crippen LogP contribution in [0.25, 0.3) is 0 Å². The van der Waals surface area contributed by atoms with Crippen LogP contribution in [0.2, 0.25) is 0 Å². The van der Waals surface area contributed by atoms with Gasteiger partial charge in [-0.25, -0.2) is 4.68 Å². The average Bonchev–Trinajstić information content (AvgIpc) is 2.76. The zero-order valence-electron chi connectivity index (χ0n) is 8.41. The lowest BCUT2D eigenvalue weighted by atomic mass is 10.2. The smallest absolute Gasteiger partial charge is 0.209 e. The van der Waals surface area contributed by atoms with Gasteiger partial charge in [0.25, 0.3) is 0 Å². The van der Waals surface area contributed by atoms with Gasteiger partial charge in [-0.1, -0.05) is 0 Å². The number of hydrogen-bond donors (Lipinski definition) is 1. The molecule has 1 heterocycles. The van der Waals surface area contributed by atoms with Gasteiger partial charge in [0.1, 0.15) is 11.2 Å². The molecule has 2 aliphatic carbocycles. The average molecular weight is 221 g/mol. The standard InChI is InChI=1S/C10H11N3OS/c1-5-12-15-10-7-4-2-3-6(7)9(14)8(10)13(5)11/h2-4,11H2,1H3. The van der Waals surface area contributed by atoms with Crippen molar-refractivity contribution in [2.45, 2.75) is 26.2 Å². The van der Waals surface area contributed by atoms with Gasteiger partial charge in [-0.15, -0.1) is 0 Å². The third-order valence-corrected chi connectivity index (χ3v) is 4.03. The molecule has 0 radical (unpaired) electrons. The fourth-order valence-corrected chi connectivity index (χ4v) is 3.19. The molecular formula is C10H11N3OS. The molecule has 2 N–H and O–H groups in total.